The Balaban J connectivity index is 2.81. The molecule has 0 aromatic heterocycles. The van der Waals surface area contributed by atoms with Crippen LogP contribution in [0.5, 0.6) is 0 Å². The smallest absolute Gasteiger partial charge is 0.152 e. The Kier molecular flexibility index (Phi) is 4.50. The molecular weight excluding hydrogens is 222 g/mol. The lowest BCUT2D eigenvalue weighted by Crippen LogP contribution is -2.24. The normalized spacial score (nSPS) is 13.7. The number of hydrogen-bond donors (Lipinski definition) is 1. The fourth-order valence-electron chi connectivity index (χ4n) is 1.76. The van der Waals surface area contributed by atoms with Crippen molar-refractivity contribution in [2.24, 2.45) is 5.73 Å². The van der Waals surface area contributed by atoms with Gasteiger partial charge in [-0.2, -0.15) is 0 Å². The van der Waals surface area contributed by atoms with E-state index in [4.69, 9.17) is 5.73 Å². The first-order valence-corrected chi connectivity index (χ1v) is 7.30. The van der Waals surface area contributed by atoms with Gasteiger partial charge in [0.1, 0.15) is 0 Å². The van der Waals surface area contributed by atoms with E-state index >= 15 is 0 Å². The number of hydrogen-bond acceptors (Lipinski definition) is 3. The average Bonchev–Trinajstić information content (AvgIpc) is 2.17. The summed E-state index contributed by atoms with van der Waals surface area (Å²) in [6, 6.07) is 7.22. The monoisotopic (exact) mass is 241 g/mol. The van der Waals surface area contributed by atoms with Gasteiger partial charge in [-0.3, -0.25) is 0 Å². The van der Waals surface area contributed by atoms with Crippen LogP contribution in [0, 0.1) is 6.92 Å². The molecule has 0 heterocycles. The third kappa shape index (κ3) is 3.61. The number of rotatable bonds is 5. The second kappa shape index (κ2) is 5.46. The van der Waals surface area contributed by atoms with Crippen LogP contribution in [0.3, 0.4) is 0 Å². The van der Waals surface area contributed by atoms with Crippen LogP contribution in [-0.4, -0.2) is 19.9 Å². The van der Waals surface area contributed by atoms with Crippen molar-refractivity contribution in [2.45, 2.75) is 26.3 Å². The fraction of sp³-hybridized carbons (Fsp3) is 0.500. The zero-order chi connectivity index (χ0) is 12.2. The predicted octanol–water partition coefficient (Wildman–Crippen LogP) is 1.82. The molecule has 2 N–H and O–H groups in total. The van der Waals surface area contributed by atoms with Gasteiger partial charge in [-0.05, 0) is 24.5 Å². The third-order valence-corrected chi connectivity index (χ3v) is 4.43. The summed E-state index contributed by atoms with van der Waals surface area (Å²) in [4.78, 5) is 0. The summed E-state index contributed by atoms with van der Waals surface area (Å²) in [6.45, 7) is 3.80. The van der Waals surface area contributed by atoms with Crippen molar-refractivity contribution < 1.29 is 8.42 Å². The zero-order valence-electron chi connectivity index (χ0n) is 9.81. The van der Waals surface area contributed by atoms with Crippen LogP contribution in [0.15, 0.2) is 24.3 Å². The van der Waals surface area contributed by atoms with Gasteiger partial charge in [-0.1, -0.05) is 31.2 Å². The summed E-state index contributed by atoms with van der Waals surface area (Å²) in [6.07, 6.45) is 0.642. The van der Waals surface area contributed by atoms with E-state index in [1.165, 1.54) is 0 Å². The molecule has 0 bridgehead atoms. The molecular formula is C12H19NO2S. The van der Waals surface area contributed by atoms with Crippen molar-refractivity contribution in [1.29, 1.82) is 0 Å². The van der Waals surface area contributed by atoms with Gasteiger partial charge in [0, 0.05) is 11.8 Å². The lowest BCUT2D eigenvalue weighted by atomic mass is 10.0. The Hall–Kier alpha value is -0.870. The number of aryl methyl sites for hydroxylation is 1. The van der Waals surface area contributed by atoms with Gasteiger partial charge in [0.2, 0.25) is 0 Å². The molecule has 16 heavy (non-hydrogen) atoms. The second-order valence-corrected chi connectivity index (χ2v) is 6.31. The zero-order valence-corrected chi connectivity index (χ0v) is 10.6. The first-order valence-electron chi connectivity index (χ1n) is 5.48. The SMILES string of the molecule is CCCS(=O)(=O)CC(N)c1ccccc1C. The highest BCUT2D eigenvalue weighted by Gasteiger charge is 2.17. The molecule has 0 fully saturated rings. The molecule has 0 saturated carbocycles. The minimum Gasteiger partial charge on any atom is -0.323 e. The van der Waals surface area contributed by atoms with E-state index in [-0.39, 0.29) is 11.5 Å². The Morgan fingerprint density at radius 2 is 1.94 bits per heavy atom. The number of sulfone groups is 1. The summed E-state index contributed by atoms with van der Waals surface area (Å²) in [5.74, 6) is 0.248. The van der Waals surface area contributed by atoms with Gasteiger partial charge >= 0.3 is 0 Å². The lowest BCUT2D eigenvalue weighted by Gasteiger charge is -2.14. The van der Waals surface area contributed by atoms with Gasteiger partial charge in [-0.25, -0.2) is 8.42 Å². The van der Waals surface area contributed by atoms with E-state index in [9.17, 15) is 8.42 Å². The summed E-state index contributed by atoms with van der Waals surface area (Å²) in [5, 5.41) is 0. The Labute approximate surface area is 97.6 Å². The molecule has 0 aliphatic carbocycles. The highest BCUT2D eigenvalue weighted by Crippen LogP contribution is 2.17. The minimum atomic E-state index is -3.02. The van der Waals surface area contributed by atoms with Crippen LogP contribution in [0.2, 0.25) is 0 Å². The molecule has 1 aromatic carbocycles. The van der Waals surface area contributed by atoms with Crippen LogP contribution < -0.4 is 5.73 Å². The molecule has 1 rings (SSSR count). The molecule has 0 aliphatic heterocycles. The van der Waals surface area contributed by atoms with Gasteiger partial charge < -0.3 is 5.73 Å². The van der Waals surface area contributed by atoms with E-state index in [0.29, 0.717) is 6.42 Å². The Morgan fingerprint density at radius 1 is 1.31 bits per heavy atom. The van der Waals surface area contributed by atoms with Crippen LogP contribution in [-0.2, 0) is 9.84 Å². The molecule has 90 valence electrons. The summed E-state index contributed by atoms with van der Waals surface area (Å²) >= 11 is 0. The fourth-order valence-corrected chi connectivity index (χ4v) is 3.28. The van der Waals surface area contributed by atoms with Crippen LogP contribution in [0.25, 0.3) is 0 Å². The average molecular weight is 241 g/mol. The summed E-state index contributed by atoms with van der Waals surface area (Å²) in [5.41, 5.74) is 7.89. The molecule has 0 spiro atoms. The van der Waals surface area contributed by atoms with Gasteiger partial charge in [0.05, 0.1) is 5.75 Å². The van der Waals surface area contributed by atoms with Crippen molar-refractivity contribution in [3.05, 3.63) is 35.4 Å². The molecule has 0 aliphatic rings. The molecule has 1 unspecified atom stereocenters. The van der Waals surface area contributed by atoms with Crippen molar-refractivity contribution in [3.8, 4) is 0 Å². The van der Waals surface area contributed by atoms with E-state index in [1.807, 2.05) is 38.1 Å². The highest BCUT2D eigenvalue weighted by atomic mass is 32.2. The quantitative estimate of drug-likeness (QED) is 0.855. The minimum absolute atomic E-state index is 0.0334. The van der Waals surface area contributed by atoms with E-state index in [1.54, 1.807) is 0 Å². The molecule has 0 amide bonds. The van der Waals surface area contributed by atoms with E-state index < -0.39 is 15.9 Å². The lowest BCUT2D eigenvalue weighted by molar-refractivity contribution is 0.587. The van der Waals surface area contributed by atoms with Gasteiger partial charge in [0.25, 0.3) is 0 Å². The maximum atomic E-state index is 11.6. The van der Waals surface area contributed by atoms with E-state index in [0.717, 1.165) is 11.1 Å². The number of nitrogens with two attached hydrogens (primary N) is 1. The molecule has 0 radical (unpaired) electrons. The predicted molar refractivity (Wildman–Crippen MR) is 67.1 cm³/mol. The molecule has 1 atom stereocenters. The first kappa shape index (κ1) is 13.2. The van der Waals surface area contributed by atoms with Crippen molar-refractivity contribution >= 4 is 9.84 Å². The summed E-state index contributed by atoms with van der Waals surface area (Å²) < 4.78 is 23.3. The van der Waals surface area contributed by atoms with Crippen molar-refractivity contribution in [1.82, 2.24) is 0 Å². The molecule has 4 heteroatoms. The molecule has 3 nitrogen and oxygen atoms in total. The van der Waals surface area contributed by atoms with Crippen molar-refractivity contribution in [2.75, 3.05) is 11.5 Å². The number of benzene rings is 1. The first-order chi connectivity index (χ1) is 7.46. The molecule has 0 saturated heterocycles. The van der Waals surface area contributed by atoms with Crippen LogP contribution in [0.1, 0.15) is 30.5 Å². The largest absolute Gasteiger partial charge is 0.323 e. The standard InChI is InChI=1S/C12H19NO2S/c1-3-8-16(14,15)9-12(13)11-7-5-4-6-10(11)2/h4-7,12H,3,8-9,13H2,1-2H3. The Morgan fingerprint density at radius 3 is 2.50 bits per heavy atom. The maximum absolute atomic E-state index is 11.6. The van der Waals surface area contributed by atoms with E-state index in [2.05, 4.69) is 0 Å². The van der Waals surface area contributed by atoms with Gasteiger partial charge in [-0.15, -0.1) is 0 Å². The second-order valence-electron chi connectivity index (χ2n) is 4.08. The molecule has 1 aromatic rings. The highest BCUT2D eigenvalue weighted by molar-refractivity contribution is 7.91. The Bertz CT molecular complexity index is 440. The van der Waals surface area contributed by atoms with Crippen LogP contribution in [0.4, 0.5) is 0 Å². The topological polar surface area (TPSA) is 60.2 Å². The third-order valence-electron chi connectivity index (χ3n) is 2.54. The van der Waals surface area contributed by atoms with Crippen molar-refractivity contribution in [3.63, 3.8) is 0 Å². The van der Waals surface area contributed by atoms with Gasteiger partial charge in [0.15, 0.2) is 9.84 Å². The summed E-state index contributed by atoms with van der Waals surface area (Å²) in [7, 11) is -3.02. The van der Waals surface area contributed by atoms with Crippen LogP contribution >= 0.6 is 0 Å². The maximum Gasteiger partial charge on any atom is 0.152 e.